The van der Waals surface area contributed by atoms with Crippen LogP contribution in [0.5, 0.6) is 0 Å². The van der Waals surface area contributed by atoms with Crippen molar-refractivity contribution < 1.29 is 9.18 Å². The fraction of sp³-hybridized carbons (Fsp3) is 0.462. The Morgan fingerprint density at radius 1 is 0.938 bits per heavy atom. The smallest absolute Gasteiger partial charge is 0.211 e. The molecule has 1 aromatic carbocycles. The molecule has 2 aliphatic carbocycles. The van der Waals surface area contributed by atoms with E-state index in [0.717, 1.165) is 66.5 Å². The van der Waals surface area contributed by atoms with Crippen LogP contribution in [-0.2, 0) is 30.5 Å². The molecule has 0 fully saturated rings. The molecule has 16 heavy (non-hydrogen) atoms. The number of carbonyl (C=O) groups excluding carboxylic acids is 1. The Morgan fingerprint density at radius 3 is 1.94 bits per heavy atom. The molecule has 0 bridgehead atoms. The van der Waals surface area contributed by atoms with E-state index in [1.54, 1.807) is 0 Å². The maximum Gasteiger partial charge on any atom is 0.211 e. The Bertz CT molecular complexity index is 432. The van der Waals surface area contributed by atoms with Crippen LogP contribution in [0.1, 0.15) is 35.1 Å². The number of anilines is 1. The molecule has 0 atom stereocenters. The van der Waals surface area contributed by atoms with Crippen LogP contribution in [0.15, 0.2) is 0 Å². The number of benzene rings is 1. The van der Waals surface area contributed by atoms with Crippen LogP contribution in [0, 0.1) is 5.82 Å². The van der Waals surface area contributed by atoms with Crippen molar-refractivity contribution in [1.82, 2.24) is 0 Å². The van der Waals surface area contributed by atoms with Gasteiger partial charge in [-0.15, -0.1) is 0 Å². The highest BCUT2D eigenvalue weighted by Gasteiger charge is 2.28. The molecule has 0 spiro atoms. The van der Waals surface area contributed by atoms with Crippen LogP contribution in [-0.4, -0.2) is 6.41 Å². The van der Waals surface area contributed by atoms with E-state index in [-0.39, 0.29) is 5.82 Å². The van der Waals surface area contributed by atoms with Gasteiger partial charge in [-0.05, 0) is 60.8 Å². The minimum atomic E-state index is 0.0106. The minimum absolute atomic E-state index is 0.0106. The van der Waals surface area contributed by atoms with Crippen molar-refractivity contribution in [3.63, 3.8) is 0 Å². The number of nitrogens with one attached hydrogen (secondary N) is 1. The summed E-state index contributed by atoms with van der Waals surface area (Å²) < 4.78 is 14.2. The van der Waals surface area contributed by atoms with E-state index in [2.05, 4.69) is 5.32 Å². The van der Waals surface area contributed by atoms with E-state index in [9.17, 15) is 9.18 Å². The van der Waals surface area contributed by atoms with Gasteiger partial charge in [0, 0.05) is 5.69 Å². The van der Waals surface area contributed by atoms with Gasteiger partial charge >= 0.3 is 0 Å². The fourth-order valence-electron chi connectivity index (χ4n) is 3.12. The van der Waals surface area contributed by atoms with Crippen molar-refractivity contribution in [3.05, 3.63) is 28.1 Å². The molecule has 0 heterocycles. The second-order valence-corrected chi connectivity index (χ2v) is 4.57. The zero-order valence-corrected chi connectivity index (χ0v) is 9.11. The van der Waals surface area contributed by atoms with Gasteiger partial charge < -0.3 is 5.32 Å². The third kappa shape index (κ3) is 1.20. The monoisotopic (exact) mass is 219 g/mol. The Labute approximate surface area is 93.9 Å². The second-order valence-electron chi connectivity index (χ2n) is 4.57. The molecule has 2 aliphatic rings. The van der Waals surface area contributed by atoms with E-state index < -0.39 is 0 Å². The number of hydrogen-bond donors (Lipinski definition) is 1. The first-order valence-corrected chi connectivity index (χ1v) is 5.88. The van der Waals surface area contributed by atoms with E-state index in [1.165, 1.54) is 0 Å². The molecule has 84 valence electrons. The molecule has 0 saturated heterocycles. The van der Waals surface area contributed by atoms with Crippen molar-refractivity contribution in [2.24, 2.45) is 0 Å². The molecule has 1 N–H and O–H groups in total. The summed E-state index contributed by atoms with van der Waals surface area (Å²) in [4.78, 5) is 10.7. The molecule has 0 radical (unpaired) electrons. The molecule has 1 aromatic rings. The van der Waals surface area contributed by atoms with Gasteiger partial charge in [-0.3, -0.25) is 4.79 Å². The Kier molecular flexibility index (Phi) is 2.20. The van der Waals surface area contributed by atoms with E-state index in [1.807, 2.05) is 0 Å². The molecule has 1 amide bonds. The molecule has 3 heteroatoms. The number of fused-ring (bicyclic) bond motifs is 2. The summed E-state index contributed by atoms with van der Waals surface area (Å²) in [6, 6.07) is 0. The van der Waals surface area contributed by atoms with Gasteiger partial charge in [0.25, 0.3) is 0 Å². The summed E-state index contributed by atoms with van der Waals surface area (Å²) in [5.74, 6) is 0.0106. The van der Waals surface area contributed by atoms with Crippen LogP contribution in [0.3, 0.4) is 0 Å². The molecular formula is C13H14FNO. The quantitative estimate of drug-likeness (QED) is 0.760. The third-order valence-electron chi connectivity index (χ3n) is 3.77. The lowest BCUT2D eigenvalue weighted by molar-refractivity contribution is -0.105. The first-order chi connectivity index (χ1) is 7.83. The Balaban J connectivity index is 2.27. The van der Waals surface area contributed by atoms with Gasteiger partial charge in [0.05, 0.1) is 0 Å². The van der Waals surface area contributed by atoms with E-state index >= 15 is 0 Å². The average Bonchev–Trinajstić information content (AvgIpc) is 2.92. The normalized spacial score (nSPS) is 17.1. The highest BCUT2D eigenvalue weighted by molar-refractivity contribution is 5.79. The minimum Gasteiger partial charge on any atom is -0.328 e. The van der Waals surface area contributed by atoms with Crippen molar-refractivity contribution in [2.45, 2.75) is 38.5 Å². The lowest BCUT2D eigenvalue weighted by Crippen LogP contribution is -2.06. The lowest BCUT2D eigenvalue weighted by Gasteiger charge is -2.14. The SMILES string of the molecule is O=CNc1c2c(c(F)c3c1CCC3)CCC2. The average molecular weight is 219 g/mol. The Hall–Kier alpha value is -1.38. The standard InChI is InChI=1S/C13H14FNO/c14-12-8-3-1-5-10(8)13(15-7-16)11-6-2-4-9(11)12/h7H,1-6H2,(H,15,16). The number of halogens is 1. The van der Waals surface area contributed by atoms with Crippen molar-refractivity contribution in [3.8, 4) is 0 Å². The van der Waals surface area contributed by atoms with Crippen LogP contribution in [0.4, 0.5) is 10.1 Å². The first kappa shape index (κ1) is 9.82. The van der Waals surface area contributed by atoms with Crippen LogP contribution >= 0.6 is 0 Å². The topological polar surface area (TPSA) is 29.1 Å². The van der Waals surface area contributed by atoms with E-state index in [4.69, 9.17) is 0 Å². The summed E-state index contributed by atoms with van der Waals surface area (Å²) in [7, 11) is 0. The summed E-state index contributed by atoms with van der Waals surface area (Å²) in [5, 5.41) is 2.79. The Morgan fingerprint density at radius 2 is 1.44 bits per heavy atom. The number of carbonyl (C=O) groups is 1. The molecular weight excluding hydrogens is 205 g/mol. The third-order valence-corrected chi connectivity index (χ3v) is 3.77. The van der Waals surface area contributed by atoms with Crippen LogP contribution in [0.2, 0.25) is 0 Å². The molecule has 0 aliphatic heterocycles. The molecule has 2 nitrogen and oxygen atoms in total. The molecule has 0 saturated carbocycles. The lowest BCUT2D eigenvalue weighted by atomic mass is 9.98. The highest BCUT2D eigenvalue weighted by atomic mass is 19.1. The van der Waals surface area contributed by atoms with Gasteiger partial charge in [-0.1, -0.05) is 0 Å². The summed E-state index contributed by atoms with van der Waals surface area (Å²) in [6.45, 7) is 0. The fourth-order valence-corrected chi connectivity index (χ4v) is 3.12. The maximum absolute atomic E-state index is 14.2. The van der Waals surface area contributed by atoms with Crippen LogP contribution < -0.4 is 5.32 Å². The van der Waals surface area contributed by atoms with Crippen LogP contribution in [0.25, 0.3) is 0 Å². The summed E-state index contributed by atoms with van der Waals surface area (Å²) >= 11 is 0. The second kappa shape index (κ2) is 3.58. The van der Waals surface area contributed by atoms with Gasteiger partial charge in [0.2, 0.25) is 6.41 Å². The zero-order chi connectivity index (χ0) is 11.1. The zero-order valence-electron chi connectivity index (χ0n) is 9.11. The number of amides is 1. The molecule has 0 unspecified atom stereocenters. The predicted molar refractivity (Wildman–Crippen MR) is 60.1 cm³/mol. The summed E-state index contributed by atoms with van der Waals surface area (Å²) in [5.41, 5.74) is 4.71. The van der Waals surface area contributed by atoms with Gasteiger partial charge in [0.1, 0.15) is 5.82 Å². The number of hydrogen-bond acceptors (Lipinski definition) is 1. The highest BCUT2D eigenvalue weighted by Crippen LogP contribution is 2.40. The van der Waals surface area contributed by atoms with Gasteiger partial charge in [-0.2, -0.15) is 0 Å². The largest absolute Gasteiger partial charge is 0.328 e. The van der Waals surface area contributed by atoms with Crippen molar-refractivity contribution >= 4 is 12.1 Å². The maximum atomic E-state index is 14.2. The van der Waals surface area contributed by atoms with Gasteiger partial charge in [-0.25, -0.2) is 4.39 Å². The van der Waals surface area contributed by atoms with E-state index in [0.29, 0.717) is 6.41 Å². The number of rotatable bonds is 2. The van der Waals surface area contributed by atoms with Crippen molar-refractivity contribution in [1.29, 1.82) is 0 Å². The first-order valence-electron chi connectivity index (χ1n) is 5.88. The van der Waals surface area contributed by atoms with Crippen molar-refractivity contribution in [2.75, 3.05) is 5.32 Å². The predicted octanol–water partition coefficient (Wildman–Crippen LogP) is 2.37. The van der Waals surface area contributed by atoms with Gasteiger partial charge in [0.15, 0.2) is 0 Å². The molecule has 0 aromatic heterocycles. The molecule has 3 rings (SSSR count). The summed E-state index contributed by atoms with van der Waals surface area (Å²) in [6.07, 6.45) is 6.16.